The maximum absolute atomic E-state index is 5.78. The molecule has 1 aromatic carbocycles. The fourth-order valence-corrected chi connectivity index (χ4v) is 2.24. The van der Waals surface area contributed by atoms with Gasteiger partial charge in [-0.1, -0.05) is 18.2 Å². The third-order valence-electron chi connectivity index (χ3n) is 3.20. The van der Waals surface area contributed by atoms with Crippen LogP contribution in [0.15, 0.2) is 30.5 Å². The van der Waals surface area contributed by atoms with E-state index in [2.05, 4.69) is 29.0 Å². The molecule has 0 aliphatic rings. The summed E-state index contributed by atoms with van der Waals surface area (Å²) in [6.45, 7) is 3.64. The molecule has 0 fully saturated rings. The lowest BCUT2D eigenvalue weighted by atomic mass is 10.2. The Bertz CT molecular complexity index is 508. The van der Waals surface area contributed by atoms with Gasteiger partial charge in [0.05, 0.1) is 6.61 Å². The van der Waals surface area contributed by atoms with Crippen molar-refractivity contribution >= 4 is 10.9 Å². The number of rotatable bonds is 8. The number of methoxy groups -OCH3 is 1. The van der Waals surface area contributed by atoms with Crippen LogP contribution >= 0.6 is 0 Å². The molecule has 2 aromatic rings. The zero-order valence-corrected chi connectivity index (χ0v) is 11.5. The summed E-state index contributed by atoms with van der Waals surface area (Å²) < 4.78 is 12.8. The van der Waals surface area contributed by atoms with Crippen molar-refractivity contribution in [2.75, 3.05) is 26.9 Å². The number of hydrogen-bond donors (Lipinski definition) is 1. The molecular formula is C15H22N2O2. The molecule has 4 nitrogen and oxygen atoms in total. The van der Waals surface area contributed by atoms with Crippen molar-refractivity contribution in [3.63, 3.8) is 0 Å². The normalized spacial score (nSPS) is 11.3. The van der Waals surface area contributed by atoms with Crippen LogP contribution < -0.4 is 5.73 Å². The quantitative estimate of drug-likeness (QED) is 0.742. The molecule has 1 heterocycles. The number of benzene rings is 1. The molecule has 19 heavy (non-hydrogen) atoms. The molecule has 0 saturated carbocycles. The number of para-hydroxylation sites is 1. The Kier molecular flexibility index (Phi) is 5.39. The second-order valence-corrected chi connectivity index (χ2v) is 4.53. The van der Waals surface area contributed by atoms with Crippen LogP contribution in [0.4, 0.5) is 0 Å². The number of aromatic nitrogens is 1. The molecule has 2 N–H and O–H groups in total. The summed E-state index contributed by atoms with van der Waals surface area (Å²) in [5, 5.41) is 1.24. The van der Waals surface area contributed by atoms with Gasteiger partial charge in [0.1, 0.15) is 0 Å². The monoisotopic (exact) mass is 262 g/mol. The number of hydrogen-bond acceptors (Lipinski definition) is 3. The van der Waals surface area contributed by atoms with Crippen LogP contribution in [0.5, 0.6) is 0 Å². The summed E-state index contributed by atoms with van der Waals surface area (Å²) >= 11 is 0. The Labute approximate surface area is 114 Å². The van der Waals surface area contributed by atoms with Crippen LogP contribution in [0.2, 0.25) is 0 Å². The van der Waals surface area contributed by atoms with Crippen LogP contribution in [0.1, 0.15) is 12.0 Å². The minimum absolute atomic E-state index is 0.572. The average molecular weight is 262 g/mol. The van der Waals surface area contributed by atoms with Crippen LogP contribution in [0.25, 0.3) is 10.9 Å². The van der Waals surface area contributed by atoms with Crippen molar-refractivity contribution in [1.82, 2.24) is 4.57 Å². The largest absolute Gasteiger partial charge is 0.385 e. The van der Waals surface area contributed by atoms with Gasteiger partial charge >= 0.3 is 0 Å². The summed E-state index contributed by atoms with van der Waals surface area (Å²) in [7, 11) is 1.71. The first-order chi connectivity index (χ1) is 9.36. The molecule has 2 rings (SSSR count). The van der Waals surface area contributed by atoms with Crippen molar-refractivity contribution in [2.45, 2.75) is 19.5 Å². The molecular weight excluding hydrogens is 240 g/mol. The highest BCUT2D eigenvalue weighted by molar-refractivity contribution is 5.83. The molecule has 0 spiro atoms. The molecule has 4 heteroatoms. The summed E-state index contributed by atoms with van der Waals surface area (Å²) in [4.78, 5) is 0. The lowest BCUT2D eigenvalue weighted by Crippen LogP contribution is -2.07. The van der Waals surface area contributed by atoms with Gasteiger partial charge in [-0.15, -0.1) is 0 Å². The highest BCUT2D eigenvalue weighted by Crippen LogP contribution is 2.20. The number of fused-ring (bicyclic) bond motifs is 1. The Hall–Kier alpha value is -1.36. The van der Waals surface area contributed by atoms with E-state index in [1.807, 2.05) is 6.07 Å². The van der Waals surface area contributed by atoms with E-state index in [0.29, 0.717) is 13.2 Å². The van der Waals surface area contributed by atoms with Crippen molar-refractivity contribution in [3.05, 3.63) is 36.0 Å². The standard InChI is InChI=1S/C15H22N2O2/c1-18-8-4-9-19-10-7-17-12-13(11-16)14-5-2-3-6-15(14)17/h2-3,5-6,12H,4,7-11,16H2,1H3. The Morgan fingerprint density at radius 2 is 2.00 bits per heavy atom. The predicted octanol–water partition coefficient (Wildman–Crippen LogP) is 2.15. The molecule has 0 radical (unpaired) electrons. The fourth-order valence-electron chi connectivity index (χ4n) is 2.24. The topological polar surface area (TPSA) is 49.4 Å². The van der Waals surface area contributed by atoms with Gasteiger partial charge in [0, 0.05) is 50.5 Å². The third kappa shape index (κ3) is 3.56. The van der Waals surface area contributed by atoms with E-state index in [1.165, 1.54) is 16.5 Å². The van der Waals surface area contributed by atoms with Crippen molar-refractivity contribution < 1.29 is 9.47 Å². The van der Waals surface area contributed by atoms with Crippen molar-refractivity contribution in [1.29, 1.82) is 0 Å². The maximum atomic E-state index is 5.78. The molecule has 0 unspecified atom stereocenters. The average Bonchev–Trinajstić information content (AvgIpc) is 2.81. The van der Waals surface area contributed by atoms with Crippen molar-refractivity contribution in [3.8, 4) is 0 Å². The number of nitrogens with zero attached hydrogens (tertiary/aromatic N) is 1. The van der Waals surface area contributed by atoms with E-state index < -0.39 is 0 Å². The zero-order chi connectivity index (χ0) is 13.5. The first-order valence-corrected chi connectivity index (χ1v) is 6.70. The smallest absolute Gasteiger partial charge is 0.0645 e. The second kappa shape index (κ2) is 7.28. The van der Waals surface area contributed by atoms with Crippen LogP contribution in [-0.2, 0) is 22.6 Å². The minimum atomic E-state index is 0.572. The minimum Gasteiger partial charge on any atom is -0.385 e. The SMILES string of the molecule is COCCCOCCn1cc(CN)c2ccccc21. The van der Waals surface area contributed by atoms with E-state index >= 15 is 0 Å². The zero-order valence-electron chi connectivity index (χ0n) is 11.5. The second-order valence-electron chi connectivity index (χ2n) is 4.53. The molecule has 104 valence electrons. The van der Waals surface area contributed by atoms with E-state index in [1.54, 1.807) is 7.11 Å². The molecule has 0 atom stereocenters. The fraction of sp³-hybridized carbons (Fsp3) is 0.467. The lowest BCUT2D eigenvalue weighted by molar-refractivity contribution is 0.0982. The van der Waals surface area contributed by atoms with Crippen LogP contribution in [0, 0.1) is 0 Å². The number of nitrogens with two attached hydrogens (primary N) is 1. The summed E-state index contributed by atoms with van der Waals surface area (Å²) in [6.07, 6.45) is 3.07. The van der Waals surface area contributed by atoms with Gasteiger partial charge in [-0.3, -0.25) is 0 Å². The van der Waals surface area contributed by atoms with Gasteiger partial charge in [-0.25, -0.2) is 0 Å². The summed E-state index contributed by atoms with van der Waals surface area (Å²) in [5.74, 6) is 0. The van der Waals surface area contributed by atoms with Gasteiger partial charge in [-0.05, 0) is 18.1 Å². The highest BCUT2D eigenvalue weighted by Gasteiger charge is 2.06. The van der Waals surface area contributed by atoms with Gasteiger partial charge in [0.25, 0.3) is 0 Å². The summed E-state index contributed by atoms with van der Waals surface area (Å²) in [6, 6.07) is 8.35. The molecule has 0 aliphatic carbocycles. The summed E-state index contributed by atoms with van der Waals surface area (Å²) in [5.41, 5.74) is 8.20. The van der Waals surface area contributed by atoms with Crippen molar-refractivity contribution in [2.24, 2.45) is 5.73 Å². The Morgan fingerprint density at radius 1 is 1.16 bits per heavy atom. The van der Waals surface area contributed by atoms with Crippen LogP contribution in [0.3, 0.4) is 0 Å². The van der Waals surface area contributed by atoms with Crippen LogP contribution in [-0.4, -0.2) is 31.5 Å². The van der Waals surface area contributed by atoms with Gasteiger partial charge in [0.2, 0.25) is 0 Å². The predicted molar refractivity (Wildman–Crippen MR) is 77.1 cm³/mol. The molecule has 0 bridgehead atoms. The third-order valence-corrected chi connectivity index (χ3v) is 3.20. The van der Waals surface area contributed by atoms with Gasteiger partial charge in [0.15, 0.2) is 0 Å². The highest BCUT2D eigenvalue weighted by atomic mass is 16.5. The van der Waals surface area contributed by atoms with E-state index in [9.17, 15) is 0 Å². The molecule has 0 saturated heterocycles. The molecule has 1 aromatic heterocycles. The Balaban J connectivity index is 1.93. The lowest BCUT2D eigenvalue weighted by Gasteiger charge is -2.06. The molecule has 0 amide bonds. The van der Waals surface area contributed by atoms with E-state index in [-0.39, 0.29) is 0 Å². The van der Waals surface area contributed by atoms with E-state index in [4.69, 9.17) is 15.2 Å². The maximum Gasteiger partial charge on any atom is 0.0645 e. The number of ether oxygens (including phenoxy) is 2. The Morgan fingerprint density at radius 3 is 2.79 bits per heavy atom. The first-order valence-electron chi connectivity index (χ1n) is 6.70. The van der Waals surface area contributed by atoms with Gasteiger partial charge < -0.3 is 19.8 Å². The van der Waals surface area contributed by atoms with Gasteiger partial charge in [-0.2, -0.15) is 0 Å². The van der Waals surface area contributed by atoms with E-state index in [0.717, 1.165) is 26.2 Å². The molecule has 0 aliphatic heterocycles. The first kappa shape index (κ1) is 14.1.